The minimum atomic E-state index is -0.202. The Morgan fingerprint density at radius 1 is 1.24 bits per heavy atom. The van der Waals surface area contributed by atoms with E-state index < -0.39 is 0 Å². The molecule has 0 N–H and O–H groups in total. The lowest BCUT2D eigenvalue weighted by molar-refractivity contribution is 0.0978. The van der Waals surface area contributed by atoms with E-state index in [1.807, 2.05) is 38.1 Å². The lowest BCUT2D eigenvalue weighted by Gasteiger charge is -2.08. The van der Waals surface area contributed by atoms with Crippen LogP contribution in [0, 0.1) is 0 Å². The number of hydrogen-bond acceptors (Lipinski definition) is 3. The molecule has 0 radical (unpaired) electrons. The van der Waals surface area contributed by atoms with Crippen LogP contribution in [-0.2, 0) is 4.74 Å². The zero-order chi connectivity index (χ0) is 15.3. The summed E-state index contributed by atoms with van der Waals surface area (Å²) in [6, 6.07) is 7.65. The second-order valence-corrected chi connectivity index (χ2v) is 6.30. The van der Waals surface area contributed by atoms with Crippen LogP contribution in [0.2, 0.25) is 0 Å². The molecule has 0 amide bonds. The van der Waals surface area contributed by atoms with Gasteiger partial charge in [0.15, 0.2) is 5.78 Å². The first-order valence-corrected chi connectivity index (χ1v) is 7.89. The number of carbonyl (C=O) groups is 1. The van der Waals surface area contributed by atoms with Gasteiger partial charge in [-0.15, -0.1) is 0 Å². The van der Waals surface area contributed by atoms with Gasteiger partial charge >= 0.3 is 0 Å². The van der Waals surface area contributed by atoms with E-state index in [-0.39, 0.29) is 11.3 Å². The van der Waals surface area contributed by atoms with Crippen molar-refractivity contribution >= 4 is 11.7 Å². The highest BCUT2D eigenvalue weighted by molar-refractivity contribution is 6.08. The van der Waals surface area contributed by atoms with Crippen LogP contribution in [0.1, 0.15) is 68.8 Å². The number of carbonyl (C=O) groups excluding carboxylic acids is 1. The Morgan fingerprint density at radius 2 is 2.00 bits per heavy atom. The molecule has 0 unspecified atom stereocenters. The number of aliphatic imine (C=N–C) groups is 1. The Balaban J connectivity index is 2.12. The Labute approximate surface area is 127 Å². The maximum Gasteiger partial charge on any atom is 0.217 e. The zero-order valence-corrected chi connectivity index (χ0v) is 13.3. The van der Waals surface area contributed by atoms with E-state index in [0.717, 1.165) is 24.0 Å². The quantitative estimate of drug-likeness (QED) is 0.551. The molecule has 1 aliphatic heterocycles. The normalized spacial score (nSPS) is 16.4. The van der Waals surface area contributed by atoms with Gasteiger partial charge in [0.1, 0.15) is 6.61 Å². The minimum Gasteiger partial charge on any atom is -0.475 e. The average molecular weight is 287 g/mol. The van der Waals surface area contributed by atoms with E-state index in [0.29, 0.717) is 18.9 Å². The van der Waals surface area contributed by atoms with Gasteiger partial charge in [-0.1, -0.05) is 44.4 Å². The zero-order valence-electron chi connectivity index (χ0n) is 13.3. The van der Waals surface area contributed by atoms with Gasteiger partial charge in [-0.2, -0.15) is 0 Å². The fourth-order valence-corrected chi connectivity index (χ4v) is 2.48. The van der Waals surface area contributed by atoms with Crippen LogP contribution in [0.25, 0.3) is 0 Å². The topological polar surface area (TPSA) is 38.7 Å². The summed E-state index contributed by atoms with van der Waals surface area (Å²) < 4.78 is 5.69. The van der Waals surface area contributed by atoms with Crippen molar-refractivity contribution in [2.75, 3.05) is 6.61 Å². The highest BCUT2D eigenvalue weighted by atomic mass is 16.5. The standard InChI is InChI=1S/C18H25NO2/c1-4-5-6-7-12-16(20)14-10-8-9-11-15(14)17-19-18(2,3)13-21-17/h8-11H,4-7,12-13H2,1-3H3. The number of rotatable bonds is 7. The lowest BCUT2D eigenvalue weighted by Crippen LogP contribution is -2.17. The van der Waals surface area contributed by atoms with Gasteiger partial charge in [0.05, 0.1) is 5.54 Å². The molecular weight excluding hydrogens is 262 g/mol. The van der Waals surface area contributed by atoms with E-state index >= 15 is 0 Å². The summed E-state index contributed by atoms with van der Waals surface area (Å²) in [6.45, 7) is 6.82. The summed E-state index contributed by atoms with van der Waals surface area (Å²) in [5.41, 5.74) is 1.38. The van der Waals surface area contributed by atoms with Crippen molar-refractivity contribution in [3.63, 3.8) is 0 Å². The van der Waals surface area contributed by atoms with E-state index in [4.69, 9.17) is 4.74 Å². The Morgan fingerprint density at radius 3 is 2.67 bits per heavy atom. The molecule has 2 rings (SSSR count). The SMILES string of the molecule is CCCCCCC(=O)c1ccccc1C1=NC(C)(C)CO1. The van der Waals surface area contributed by atoms with E-state index in [9.17, 15) is 4.79 Å². The van der Waals surface area contributed by atoms with Crippen molar-refractivity contribution in [1.29, 1.82) is 0 Å². The van der Waals surface area contributed by atoms with Crippen LogP contribution in [0.15, 0.2) is 29.3 Å². The van der Waals surface area contributed by atoms with Gasteiger partial charge in [0.25, 0.3) is 0 Å². The van der Waals surface area contributed by atoms with Gasteiger partial charge in [-0.3, -0.25) is 4.79 Å². The molecule has 0 saturated carbocycles. The Hall–Kier alpha value is -1.64. The van der Waals surface area contributed by atoms with Crippen LogP contribution in [0.3, 0.4) is 0 Å². The monoisotopic (exact) mass is 287 g/mol. The van der Waals surface area contributed by atoms with Gasteiger partial charge < -0.3 is 4.74 Å². The third kappa shape index (κ3) is 4.16. The molecule has 0 atom stereocenters. The first kappa shape index (κ1) is 15.7. The van der Waals surface area contributed by atoms with Crippen LogP contribution in [-0.4, -0.2) is 23.8 Å². The predicted octanol–water partition coefficient (Wildman–Crippen LogP) is 4.40. The molecule has 0 aromatic heterocycles. The summed E-state index contributed by atoms with van der Waals surface area (Å²) >= 11 is 0. The van der Waals surface area contributed by atoms with Crippen molar-refractivity contribution < 1.29 is 9.53 Å². The summed E-state index contributed by atoms with van der Waals surface area (Å²) in [7, 11) is 0. The first-order chi connectivity index (χ1) is 10.0. The van der Waals surface area contributed by atoms with Gasteiger partial charge in [-0.25, -0.2) is 4.99 Å². The van der Waals surface area contributed by atoms with Crippen molar-refractivity contribution in [2.24, 2.45) is 4.99 Å². The molecule has 0 spiro atoms. The fourth-order valence-electron chi connectivity index (χ4n) is 2.48. The minimum absolute atomic E-state index is 0.192. The van der Waals surface area contributed by atoms with Crippen molar-refractivity contribution in [3.05, 3.63) is 35.4 Å². The summed E-state index contributed by atoms with van der Waals surface area (Å²) in [4.78, 5) is 17.0. The number of hydrogen-bond donors (Lipinski definition) is 0. The maximum atomic E-state index is 12.4. The number of nitrogens with zero attached hydrogens (tertiary/aromatic N) is 1. The predicted molar refractivity (Wildman–Crippen MR) is 86.1 cm³/mol. The number of ether oxygens (including phenoxy) is 1. The molecule has 0 aliphatic carbocycles. The second kappa shape index (κ2) is 6.88. The highest BCUT2D eigenvalue weighted by Gasteiger charge is 2.28. The van der Waals surface area contributed by atoms with Crippen molar-refractivity contribution in [3.8, 4) is 0 Å². The summed E-state index contributed by atoms with van der Waals surface area (Å²) in [5, 5.41) is 0. The first-order valence-electron chi connectivity index (χ1n) is 7.89. The molecular formula is C18H25NO2. The molecule has 3 nitrogen and oxygen atoms in total. The van der Waals surface area contributed by atoms with E-state index in [1.165, 1.54) is 12.8 Å². The molecule has 21 heavy (non-hydrogen) atoms. The molecule has 1 aliphatic rings. The summed E-state index contributed by atoms with van der Waals surface area (Å²) in [5.74, 6) is 0.801. The molecule has 1 heterocycles. The van der Waals surface area contributed by atoms with Crippen molar-refractivity contribution in [2.45, 2.75) is 58.4 Å². The Bertz CT molecular complexity index is 532. The molecule has 1 aromatic rings. The third-order valence-electron chi connectivity index (χ3n) is 3.68. The second-order valence-electron chi connectivity index (χ2n) is 6.30. The molecule has 1 aromatic carbocycles. The average Bonchev–Trinajstić information content (AvgIpc) is 2.83. The molecule has 0 bridgehead atoms. The van der Waals surface area contributed by atoms with E-state index in [1.54, 1.807) is 0 Å². The maximum absolute atomic E-state index is 12.4. The molecule has 3 heteroatoms. The van der Waals surface area contributed by atoms with Crippen LogP contribution >= 0.6 is 0 Å². The smallest absolute Gasteiger partial charge is 0.217 e. The Kier molecular flexibility index (Phi) is 5.16. The fraction of sp³-hybridized carbons (Fsp3) is 0.556. The summed E-state index contributed by atoms with van der Waals surface area (Å²) in [6.07, 6.45) is 5.06. The van der Waals surface area contributed by atoms with E-state index in [2.05, 4.69) is 11.9 Å². The van der Waals surface area contributed by atoms with Crippen LogP contribution in [0.5, 0.6) is 0 Å². The number of benzene rings is 1. The number of unbranched alkanes of at least 4 members (excludes halogenated alkanes) is 3. The highest BCUT2D eigenvalue weighted by Crippen LogP contribution is 2.23. The van der Waals surface area contributed by atoms with Gasteiger partial charge in [-0.05, 0) is 26.3 Å². The van der Waals surface area contributed by atoms with Crippen LogP contribution < -0.4 is 0 Å². The molecule has 0 fully saturated rings. The largest absolute Gasteiger partial charge is 0.475 e. The number of Topliss-reactive ketones (excluding diaryl/α,β-unsaturated/α-hetero) is 1. The van der Waals surface area contributed by atoms with Crippen LogP contribution in [0.4, 0.5) is 0 Å². The molecule has 114 valence electrons. The van der Waals surface area contributed by atoms with Crippen molar-refractivity contribution in [1.82, 2.24) is 0 Å². The molecule has 0 saturated heterocycles. The third-order valence-corrected chi connectivity index (χ3v) is 3.68. The van der Waals surface area contributed by atoms with Gasteiger partial charge in [0.2, 0.25) is 5.90 Å². The number of ketones is 1. The lowest BCUT2D eigenvalue weighted by atomic mass is 9.99. The van der Waals surface area contributed by atoms with Gasteiger partial charge in [0, 0.05) is 17.5 Å².